The van der Waals surface area contributed by atoms with Crippen molar-refractivity contribution in [3.05, 3.63) is 35.6 Å². The minimum Gasteiger partial charge on any atom is -0.481 e. The quantitative estimate of drug-likeness (QED) is 0.871. The van der Waals surface area contributed by atoms with E-state index in [0.29, 0.717) is 18.4 Å². The summed E-state index contributed by atoms with van der Waals surface area (Å²) < 4.78 is 13.0. The molecule has 2 unspecified atom stereocenters. The van der Waals surface area contributed by atoms with Gasteiger partial charge in [0.2, 0.25) is 5.91 Å². The maximum absolute atomic E-state index is 13.0. The standard InChI is InChI=1S/C14H16FNO3/c15-10-4-1-3-9(7-10)8-13(17)16-12-6-2-5-11(12)14(18)19/h1,3-4,7,11-12H,2,5-6,8H2,(H,16,17)(H,18,19). The van der Waals surface area contributed by atoms with E-state index in [4.69, 9.17) is 5.11 Å². The Labute approximate surface area is 110 Å². The smallest absolute Gasteiger partial charge is 0.308 e. The van der Waals surface area contributed by atoms with E-state index in [2.05, 4.69) is 5.32 Å². The lowest BCUT2D eigenvalue weighted by molar-refractivity contribution is -0.142. The Kier molecular flexibility index (Phi) is 4.14. The van der Waals surface area contributed by atoms with E-state index in [0.717, 1.165) is 6.42 Å². The van der Waals surface area contributed by atoms with Gasteiger partial charge in [0, 0.05) is 6.04 Å². The van der Waals surface area contributed by atoms with Crippen LogP contribution < -0.4 is 5.32 Å². The van der Waals surface area contributed by atoms with Crippen molar-refractivity contribution in [2.75, 3.05) is 0 Å². The topological polar surface area (TPSA) is 66.4 Å². The Bertz CT molecular complexity index is 489. The molecule has 1 aromatic carbocycles. The van der Waals surface area contributed by atoms with Gasteiger partial charge in [0.25, 0.3) is 0 Å². The van der Waals surface area contributed by atoms with Crippen LogP contribution in [0.1, 0.15) is 24.8 Å². The molecule has 0 saturated heterocycles. The molecule has 1 aromatic rings. The molecule has 2 atom stereocenters. The second-order valence-corrected chi connectivity index (χ2v) is 4.86. The highest BCUT2D eigenvalue weighted by molar-refractivity contribution is 5.80. The monoisotopic (exact) mass is 265 g/mol. The number of nitrogens with one attached hydrogen (secondary N) is 1. The van der Waals surface area contributed by atoms with Gasteiger partial charge in [-0.3, -0.25) is 9.59 Å². The van der Waals surface area contributed by atoms with Crippen molar-refractivity contribution in [2.24, 2.45) is 5.92 Å². The van der Waals surface area contributed by atoms with Crippen molar-refractivity contribution >= 4 is 11.9 Å². The zero-order valence-corrected chi connectivity index (χ0v) is 10.4. The number of hydrogen-bond acceptors (Lipinski definition) is 2. The van der Waals surface area contributed by atoms with Crippen LogP contribution in [0.15, 0.2) is 24.3 Å². The highest BCUT2D eigenvalue weighted by Crippen LogP contribution is 2.25. The Morgan fingerprint density at radius 3 is 2.84 bits per heavy atom. The second kappa shape index (κ2) is 5.82. The van der Waals surface area contributed by atoms with Crippen molar-refractivity contribution in [2.45, 2.75) is 31.7 Å². The Morgan fingerprint density at radius 1 is 1.37 bits per heavy atom. The Morgan fingerprint density at radius 2 is 2.16 bits per heavy atom. The third kappa shape index (κ3) is 3.53. The Hall–Kier alpha value is -1.91. The van der Waals surface area contributed by atoms with Crippen LogP contribution in [0, 0.1) is 11.7 Å². The second-order valence-electron chi connectivity index (χ2n) is 4.86. The largest absolute Gasteiger partial charge is 0.481 e. The van der Waals surface area contributed by atoms with Gasteiger partial charge in [-0.05, 0) is 30.5 Å². The van der Waals surface area contributed by atoms with Gasteiger partial charge in [-0.1, -0.05) is 18.6 Å². The fourth-order valence-corrected chi connectivity index (χ4v) is 2.52. The summed E-state index contributed by atoms with van der Waals surface area (Å²) in [6.45, 7) is 0. The van der Waals surface area contributed by atoms with Gasteiger partial charge in [-0.15, -0.1) is 0 Å². The third-order valence-corrected chi connectivity index (χ3v) is 3.43. The number of rotatable bonds is 4. The number of carboxylic acids is 1. The van der Waals surface area contributed by atoms with Crippen LogP contribution >= 0.6 is 0 Å². The van der Waals surface area contributed by atoms with Gasteiger partial charge in [0.05, 0.1) is 12.3 Å². The van der Waals surface area contributed by atoms with Crippen molar-refractivity contribution in [3.63, 3.8) is 0 Å². The maximum Gasteiger partial charge on any atom is 0.308 e. The minimum absolute atomic E-state index is 0.0700. The molecule has 0 spiro atoms. The fourth-order valence-electron chi connectivity index (χ4n) is 2.52. The van der Waals surface area contributed by atoms with Crippen LogP contribution in [0.2, 0.25) is 0 Å². The first-order valence-corrected chi connectivity index (χ1v) is 6.33. The summed E-state index contributed by atoms with van der Waals surface area (Å²) in [5.74, 6) is -2.01. The van der Waals surface area contributed by atoms with Crippen molar-refractivity contribution in [3.8, 4) is 0 Å². The maximum atomic E-state index is 13.0. The predicted molar refractivity (Wildman–Crippen MR) is 67.0 cm³/mol. The van der Waals surface area contributed by atoms with E-state index in [-0.39, 0.29) is 24.2 Å². The van der Waals surface area contributed by atoms with Gasteiger partial charge in [0.15, 0.2) is 0 Å². The molecule has 5 heteroatoms. The molecular weight excluding hydrogens is 249 g/mol. The van der Waals surface area contributed by atoms with Crippen LogP contribution in [-0.4, -0.2) is 23.0 Å². The predicted octanol–water partition coefficient (Wildman–Crippen LogP) is 1.74. The van der Waals surface area contributed by atoms with E-state index in [1.165, 1.54) is 12.1 Å². The minimum atomic E-state index is -0.867. The molecular formula is C14H16FNO3. The number of benzene rings is 1. The van der Waals surface area contributed by atoms with Crippen LogP contribution in [-0.2, 0) is 16.0 Å². The van der Waals surface area contributed by atoms with Crippen LogP contribution in [0.4, 0.5) is 4.39 Å². The van der Waals surface area contributed by atoms with Crippen LogP contribution in [0.5, 0.6) is 0 Å². The lowest BCUT2D eigenvalue weighted by Crippen LogP contribution is -2.40. The summed E-state index contributed by atoms with van der Waals surface area (Å²) in [6.07, 6.45) is 2.16. The average Bonchev–Trinajstić information content (AvgIpc) is 2.76. The van der Waals surface area contributed by atoms with E-state index in [1.54, 1.807) is 12.1 Å². The normalized spacial score (nSPS) is 22.2. The molecule has 2 N–H and O–H groups in total. The number of carboxylic acid groups (broad SMARTS) is 1. The molecule has 0 aliphatic heterocycles. The third-order valence-electron chi connectivity index (χ3n) is 3.43. The molecule has 0 aromatic heterocycles. The molecule has 4 nitrogen and oxygen atoms in total. The summed E-state index contributed by atoms with van der Waals surface area (Å²) in [5, 5.41) is 11.8. The summed E-state index contributed by atoms with van der Waals surface area (Å²) in [5.41, 5.74) is 0.586. The van der Waals surface area contributed by atoms with E-state index in [9.17, 15) is 14.0 Å². The van der Waals surface area contributed by atoms with Crippen LogP contribution in [0.25, 0.3) is 0 Å². The summed E-state index contributed by atoms with van der Waals surface area (Å²) in [7, 11) is 0. The zero-order chi connectivity index (χ0) is 13.8. The molecule has 0 heterocycles. The number of carbonyl (C=O) groups excluding carboxylic acids is 1. The summed E-state index contributed by atoms with van der Waals surface area (Å²) >= 11 is 0. The number of aliphatic carboxylic acids is 1. The first-order valence-electron chi connectivity index (χ1n) is 6.33. The highest BCUT2D eigenvalue weighted by Gasteiger charge is 2.33. The van der Waals surface area contributed by atoms with Crippen LogP contribution in [0.3, 0.4) is 0 Å². The molecule has 1 aliphatic rings. The molecule has 1 amide bonds. The molecule has 19 heavy (non-hydrogen) atoms. The molecule has 1 fully saturated rings. The van der Waals surface area contributed by atoms with Gasteiger partial charge < -0.3 is 10.4 Å². The van der Waals surface area contributed by atoms with Gasteiger partial charge in [0.1, 0.15) is 5.82 Å². The molecule has 1 saturated carbocycles. The first kappa shape index (κ1) is 13.5. The van der Waals surface area contributed by atoms with Gasteiger partial charge in [-0.25, -0.2) is 4.39 Å². The number of carbonyl (C=O) groups is 2. The molecule has 2 rings (SSSR count). The molecule has 0 radical (unpaired) electrons. The first-order chi connectivity index (χ1) is 9.06. The van der Waals surface area contributed by atoms with Crippen molar-refractivity contribution in [1.82, 2.24) is 5.32 Å². The zero-order valence-electron chi connectivity index (χ0n) is 10.4. The number of hydrogen-bond donors (Lipinski definition) is 2. The van der Waals surface area contributed by atoms with E-state index < -0.39 is 11.9 Å². The molecule has 102 valence electrons. The van der Waals surface area contributed by atoms with Crippen molar-refractivity contribution < 1.29 is 19.1 Å². The molecule has 1 aliphatic carbocycles. The fraction of sp³-hybridized carbons (Fsp3) is 0.429. The van der Waals surface area contributed by atoms with Crippen molar-refractivity contribution in [1.29, 1.82) is 0 Å². The lowest BCUT2D eigenvalue weighted by atomic mass is 10.0. The summed E-state index contributed by atoms with van der Waals surface area (Å²) in [6, 6.07) is 5.54. The SMILES string of the molecule is O=C(Cc1cccc(F)c1)NC1CCCC1C(=O)O. The van der Waals surface area contributed by atoms with Gasteiger partial charge in [-0.2, -0.15) is 0 Å². The summed E-state index contributed by atoms with van der Waals surface area (Å²) in [4.78, 5) is 22.8. The van der Waals surface area contributed by atoms with E-state index in [1.807, 2.05) is 0 Å². The number of halogens is 1. The lowest BCUT2D eigenvalue weighted by Gasteiger charge is -2.17. The highest BCUT2D eigenvalue weighted by atomic mass is 19.1. The average molecular weight is 265 g/mol. The number of amides is 1. The Balaban J connectivity index is 1.92. The molecule has 0 bridgehead atoms. The van der Waals surface area contributed by atoms with Gasteiger partial charge >= 0.3 is 5.97 Å². The van der Waals surface area contributed by atoms with E-state index >= 15 is 0 Å².